The van der Waals surface area contributed by atoms with Crippen molar-refractivity contribution < 1.29 is 10.2 Å². The van der Waals surface area contributed by atoms with E-state index in [1.165, 1.54) is 11.1 Å². The minimum absolute atomic E-state index is 0.0861. The molecule has 1 atom stereocenters. The van der Waals surface area contributed by atoms with Gasteiger partial charge in [0.1, 0.15) is 5.75 Å². The van der Waals surface area contributed by atoms with E-state index < -0.39 is 0 Å². The largest absolute Gasteiger partial charge is 0.508 e. The summed E-state index contributed by atoms with van der Waals surface area (Å²) in [7, 11) is 0. The van der Waals surface area contributed by atoms with Gasteiger partial charge in [-0.3, -0.25) is 0 Å². The van der Waals surface area contributed by atoms with Crippen molar-refractivity contribution in [3.8, 4) is 5.75 Å². The SMILES string of the molecule is CC1(CCO)Cc2ccc(O)cc21. The number of aliphatic hydroxyl groups is 1. The number of aliphatic hydroxyl groups excluding tert-OH is 1. The Morgan fingerprint density at radius 3 is 2.92 bits per heavy atom. The number of hydrogen-bond donors (Lipinski definition) is 2. The molecule has 0 spiro atoms. The fourth-order valence-electron chi connectivity index (χ4n) is 2.16. The second-order valence-electron chi connectivity index (χ2n) is 4.05. The highest BCUT2D eigenvalue weighted by molar-refractivity contribution is 5.48. The molecule has 0 radical (unpaired) electrons. The zero-order valence-electron chi connectivity index (χ0n) is 7.75. The second-order valence-corrected chi connectivity index (χ2v) is 4.05. The smallest absolute Gasteiger partial charge is 0.115 e. The molecule has 2 N–H and O–H groups in total. The molecule has 0 bridgehead atoms. The zero-order chi connectivity index (χ0) is 9.47. The molecule has 0 amide bonds. The quantitative estimate of drug-likeness (QED) is 0.722. The van der Waals surface area contributed by atoms with E-state index in [4.69, 9.17) is 5.11 Å². The molecule has 13 heavy (non-hydrogen) atoms. The molecule has 2 heteroatoms. The maximum absolute atomic E-state index is 9.31. The van der Waals surface area contributed by atoms with Crippen molar-refractivity contribution in [3.63, 3.8) is 0 Å². The van der Waals surface area contributed by atoms with Crippen LogP contribution < -0.4 is 0 Å². The molecule has 2 nitrogen and oxygen atoms in total. The van der Waals surface area contributed by atoms with Gasteiger partial charge in [0.2, 0.25) is 0 Å². The number of benzene rings is 1. The van der Waals surface area contributed by atoms with E-state index in [1.54, 1.807) is 6.07 Å². The van der Waals surface area contributed by atoms with Crippen LogP contribution in [0.25, 0.3) is 0 Å². The van der Waals surface area contributed by atoms with Crippen LogP contribution in [0.4, 0.5) is 0 Å². The Kier molecular flexibility index (Phi) is 1.81. The molecule has 1 unspecified atom stereocenters. The minimum atomic E-state index is 0.0861. The summed E-state index contributed by atoms with van der Waals surface area (Å²) in [4.78, 5) is 0. The molecule has 0 aliphatic heterocycles. The average molecular weight is 178 g/mol. The van der Waals surface area contributed by atoms with Crippen LogP contribution in [0, 0.1) is 0 Å². The Bertz CT molecular complexity index is 333. The first-order chi connectivity index (χ1) is 6.15. The molecule has 70 valence electrons. The fraction of sp³-hybridized carbons (Fsp3) is 0.455. The lowest BCUT2D eigenvalue weighted by molar-refractivity contribution is 0.230. The molecule has 0 fully saturated rings. The lowest BCUT2D eigenvalue weighted by Crippen LogP contribution is -2.36. The van der Waals surface area contributed by atoms with Crippen LogP contribution in [0.15, 0.2) is 18.2 Å². The molecule has 1 aromatic rings. The Morgan fingerprint density at radius 2 is 2.23 bits per heavy atom. The van der Waals surface area contributed by atoms with Crippen molar-refractivity contribution in [2.24, 2.45) is 0 Å². The maximum atomic E-state index is 9.31. The number of aromatic hydroxyl groups is 1. The molecule has 0 heterocycles. The number of phenols is 1. The predicted molar refractivity (Wildman–Crippen MR) is 50.9 cm³/mol. The van der Waals surface area contributed by atoms with E-state index in [0.717, 1.165) is 12.8 Å². The first-order valence-electron chi connectivity index (χ1n) is 4.59. The highest BCUT2D eigenvalue weighted by Crippen LogP contribution is 2.44. The number of phenolic OH excluding ortho intramolecular Hbond substituents is 1. The molecule has 1 aliphatic carbocycles. The summed E-state index contributed by atoms with van der Waals surface area (Å²) in [5, 5.41) is 18.2. The van der Waals surface area contributed by atoms with Gasteiger partial charge < -0.3 is 10.2 Å². The van der Waals surface area contributed by atoms with Gasteiger partial charge in [0.25, 0.3) is 0 Å². The Labute approximate surface area is 77.8 Å². The lowest BCUT2D eigenvalue weighted by atomic mass is 9.63. The van der Waals surface area contributed by atoms with Crippen LogP contribution in [0.5, 0.6) is 5.75 Å². The summed E-state index contributed by atoms with van der Waals surface area (Å²) in [6.07, 6.45) is 1.80. The van der Waals surface area contributed by atoms with Crippen LogP contribution in [-0.2, 0) is 11.8 Å². The third-order valence-electron chi connectivity index (χ3n) is 2.99. The van der Waals surface area contributed by atoms with Crippen LogP contribution >= 0.6 is 0 Å². The molecule has 2 rings (SSSR count). The fourth-order valence-corrected chi connectivity index (χ4v) is 2.16. The monoisotopic (exact) mass is 178 g/mol. The standard InChI is InChI=1S/C11H14O2/c1-11(4-5-12)7-8-2-3-9(13)6-10(8)11/h2-3,6,12-13H,4-5,7H2,1H3. The van der Waals surface area contributed by atoms with E-state index in [9.17, 15) is 5.11 Å². The lowest BCUT2D eigenvalue weighted by Gasteiger charge is -2.41. The molecular weight excluding hydrogens is 164 g/mol. The van der Waals surface area contributed by atoms with Crippen molar-refractivity contribution in [1.82, 2.24) is 0 Å². The Hall–Kier alpha value is -1.02. The minimum Gasteiger partial charge on any atom is -0.508 e. The van der Waals surface area contributed by atoms with Gasteiger partial charge in [-0.25, -0.2) is 0 Å². The van der Waals surface area contributed by atoms with Crippen molar-refractivity contribution in [1.29, 1.82) is 0 Å². The number of rotatable bonds is 2. The van der Waals surface area contributed by atoms with Crippen LogP contribution in [0.1, 0.15) is 24.5 Å². The molecule has 0 saturated carbocycles. The summed E-state index contributed by atoms with van der Waals surface area (Å²) in [5.74, 6) is 0.322. The molecule has 0 aromatic heterocycles. The van der Waals surface area contributed by atoms with E-state index in [1.807, 2.05) is 12.1 Å². The first-order valence-corrected chi connectivity index (χ1v) is 4.59. The summed E-state index contributed by atoms with van der Waals surface area (Å²) in [5.41, 5.74) is 2.58. The zero-order valence-corrected chi connectivity index (χ0v) is 7.75. The highest BCUT2D eigenvalue weighted by Gasteiger charge is 2.37. The third-order valence-corrected chi connectivity index (χ3v) is 2.99. The van der Waals surface area contributed by atoms with Gasteiger partial charge in [-0.1, -0.05) is 13.0 Å². The Balaban J connectivity index is 2.33. The average Bonchev–Trinajstić information content (AvgIpc) is 2.08. The van der Waals surface area contributed by atoms with Crippen LogP contribution in [-0.4, -0.2) is 16.8 Å². The van der Waals surface area contributed by atoms with Crippen molar-refractivity contribution >= 4 is 0 Å². The normalized spacial score (nSPS) is 25.1. The summed E-state index contributed by atoms with van der Waals surface area (Å²) in [6.45, 7) is 2.34. The molecule has 1 aromatic carbocycles. The van der Waals surface area contributed by atoms with Gasteiger partial charge in [0.05, 0.1) is 0 Å². The first kappa shape index (κ1) is 8.57. The van der Waals surface area contributed by atoms with E-state index in [-0.39, 0.29) is 12.0 Å². The van der Waals surface area contributed by atoms with E-state index in [0.29, 0.717) is 5.75 Å². The van der Waals surface area contributed by atoms with Gasteiger partial charge in [-0.2, -0.15) is 0 Å². The van der Waals surface area contributed by atoms with Crippen molar-refractivity contribution in [2.75, 3.05) is 6.61 Å². The highest BCUT2D eigenvalue weighted by atomic mass is 16.3. The van der Waals surface area contributed by atoms with Crippen LogP contribution in [0.2, 0.25) is 0 Å². The van der Waals surface area contributed by atoms with Crippen LogP contribution in [0.3, 0.4) is 0 Å². The van der Waals surface area contributed by atoms with Crippen molar-refractivity contribution in [2.45, 2.75) is 25.2 Å². The molecular formula is C11H14O2. The van der Waals surface area contributed by atoms with Crippen molar-refractivity contribution in [3.05, 3.63) is 29.3 Å². The van der Waals surface area contributed by atoms with E-state index in [2.05, 4.69) is 6.92 Å². The van der Waals surface area contributed by atoms with Gasteiger partial charge in [-0.15, -0.1) is 0 Å². The number of fused-ring (bicyclic) bond motifs is 1. The van der Waals surface area contributed by atoms with E-state index >= 15 is 0 Å². The predicted octanol–water partition coefficient (Wildman–Crippen LogP) is 1.59. The van der Waals surface area contributed by atoms with Gasteiger partial charge >= 0.3 is 0 Å². The summed E-state index contributed by atoms with van der Waals surface area (Å²) in [6, 6.07) is 5.50. The van der Waals surface area contributed by atoms with Gasteiger partial charge in [0.15, 0.2) is 0 Å². The van der Waals surface area contributed by atoms with Gasteiger partial charge in [-0.05, 0) is 41.5 Å². The summed E-state index contributed by atoms with van der Waals surface area (Å²) >= 11 is 0. The maximum Gasteiger partial charge on any atom is 0.115 e. The topological polar surface area (TPSA) is 40.5 Å². The molecule has 0 saturated heterocycles. The Morgan fingerprint density at radius 1 is 1.46 bits per heavy atom. The van der Waals surface area contributed by atoms with Gasteiger partial charge in [0, 0.05) is 6.61 Å². The molecule has 1 aliphatic rings. The number of hydrogen-bond acceptors (Lipinski definition) is 2. The summed E-state index contributed by atoms with van der Waals surface area (Å²) < 4.78 is 0. The third kappa shape index (κ3) is 1.22. The second kappa shape index (κ2) is 2.74.